The third-order valence-corrected chi connectivity index (χ3v) is 5.74. The second-order valence-corrected chi connectivity index (χ2v) is 7.85. The van der Waals surface area contributed by atoms with Crippen LogP contribution in [0.15, 0.2) is 24.3 Å². The van der Waals surface area contributed by atoms with Crippen molar-refractivity contribution in [3.05, 3.63) is 24.3 Å². The number of ether oxygens (including phenoxy) is 1. The van der Waals surface area contributed by atoms with Crippen LogP contribution in [0.25, 0.3) is 0 Å². The Hall–Kier alpha value is -1.55. The Balaban J connectivity index is 1.43. The van der Waals surface area contributed by atoms with E-state index in [1.807, 2.05) is 24.3 Å². The molecule has 4 heteroatoms. The number of hydrogen-bond acceptors (Lipinski definition) is 3. The summed E-state index contributed by atoms with van der Waals surface area (Å²) in [6.07, 6.45) is 9.67. The third kappa shape index (κ3) is 5.21. The van der Waals surface area contributed by atoms with Gasteiger partial charge in [0.15, 0.2) is 0 Å². The van der Waals surface area contributed by atoms with Crippen LogP contribution in [0.1, 0.15) is 58.3 Å². The normalized spacial score (nSPS) is 20.8. The smallest absolute Gasteiger partial charge is 0.230 e. The van der Waals surface area contributed by atoms with E-state index in [1.54, 1.807) is 0 Å². The fraction of sp³-hybridized carbons (Fsp3) is 0.667. The minimum absolute atomic E-state index is 0.153. The molecule has 1 aliphatic heterocycles. The van der Waals surface area contributed by atoms with E-state index in [0.29, 0.717) is 0 Å². The Morgan fingerprint density at radius 3 is 2.32 bits per heavy atom. The van der Waals surface area contributed by atoms with E-state index in [9.17, 15) is 4.79 Å². The number of rotatable bonds is 6. The van der Waals surface area contributed by atoms with Gasteiger partial charge in [0.1, 0.15) is 12.4 Å². The average Bonchev–Trinajstić information content (AvgIpc) is 2.91. The largest absolute Gasteiger partial charge is 0.492 e. The van der Waals surface area contributed by atoms with E-state index in [4.69, 9.17) is 4.74 Å². The van der Waals surface area contributed by atoms with E-state index in [2.05, 4.69) is 17.1 Å². The van der Waals surface area contributed by atoms with Gasteiger partial charge in [-0.05, 0) is 63.0 Å². The van der Waals surface area contributed by atoms with Crippen molar-refractivity contribution in [2.75, 3.05) is 31.6 Å². The molecule has 1 aromatic rings. The Morgan fingerprint density at radius 1 is 1.04 bits per heavy atom. The van der Waals surface area contributed by atoms with Gasteiger partial charge >= 0.3 is 0 Å². The molecule has 1 N–H and O–H groups in total. The molecule has 0 unspecified atom stereocenters. The van der Waals surface area contributed by atoms with Gasteiger partial charge in [-0.3, -0.25) is 9.69 Å². The molecule has 0 bridgehead atoms. The highest BCUT2D eigenvalue weighted by Gasteiger charge is 2.36. The first-order chi connectivity index (χ1) is 12.2. The molecule has 0 atom stereocenters. The molecule has 0 spiro atoms. The molecule has 1 saturated carbocycles. The minimum atomic E-state index is -0.192. The average molecular weight is 344 g/mol. The summed E-state index contributed by atoms with van der Waals surface area (Å²) in [5.41, 5.74) is 0.667. The first kappa shape index (κ1) is 18.2. The monoisotopic (exact) mass is 344 g/mol. The molecule has 2 aliphatic rings. The molecule has 0 aromatic heterocycles. The van der Waals surface area contributed by atoms with Crippen molar-refractivity contribution in [2.24, 2.45) is 5.41 Å². The fourth-order valence-electron chi connectivity index (χ4n) is 3.95. The lowest BCUT2D eigenvalue weighted by Crippen LogP contribution is -2.30. The molecule has 2 fully saturated rings. The number of carbonyl (C=O) groups excluding carboxylic acids is 1. The number of hydrogen-bond donors (Lipinski definition) is 1. The van der Waals surface area contributed by atoms with Gasteiger partial charge in [0.05, 0.1) is 0 Å². The van der Waals surface area contributed by atoms with Crippen molar-refractivity contribution < 1.29 is 9.53 Å². The van der Waals surface area contributed by atoms with E-state index in [0.717, 1.165) is 50.3 Å². The van der Waals surface area contributed by atoms with Crippen LogP contribution in [0.5, 0.6) is 5.75 Å². The third-order valence-electron chi connectivity index (χ3n) is 5.74. The lowest BCUT2D eigenvalue weighted by molar-refractivity contribution is -0.124. The fourth-order valence-corrected chi connectivity index (χ4v) is 3.95. The lowest BCUT2D eigenvalue weighted by Gasteiger charge is -2.22. The Morgan fingerprint density at radius 2 is 1.68 bits per heavy atom. The maximum Gasteiger partial charge on any atom is 0.230 e. The number of amides is 1. The van der Waals surface area contributed by atoms with Crippen LogP contribution in [-0.2, 0) is 4.79 Å². The number of carbonyl (C=O) groups is 1. The van der Waals surface area contributed by atoms with E-state index < -0.39 is 0 Å². The molecule has 25 heavy (non-hydrogen) atoms. The van der Waals surface area contributed by atoms with Crippen molar-refractivity contribution in [3.8, 4) is 5.75 Å². The summed E-state index contributed by atoms with van der Waals surface area (Å²) in [6.45, 7) is 6.20. The molecule has 1 aromatic carbocycles. The van der Waals surface area contributed by atoms with Crippen LogP contribution in [0.3, 0.4) is 0 Å². The zero-order chi connectivity index (χ0) is 17.5. The van der Waals surface area contributed by atoms with Crippen LogP contribution < -0.4 is 10.1 Å². The summed E-state index contributed by atoms with van der Waals surface area (Å²) in [5, 5.41) is 3.06. The van der Waals surface area contributed by atoms with Crippen molar-refractivity contribution in [2.45, 2.75) is 58.3 Å². The van der Waals surface area contributed by atoms with Crippen LogP contribution in [0.4, 0.5) is 5.69 Å². The van der Waals surface area contributed by atoms with Crippen LogP contribution >= 0.6 is 0 Å². The first-order valence-electron chi connectivity index (χ1n) is 9.92. The van der Waals surface area contributed by atoms with E-state index in [1.165, 1.54) is 38.8 Å². The predicted octanol–water partition coefficient (Wildman–Crippen LogP) is 4.46. The molecule has 138 valence electrons. The number of nitrogens with zero attached hydrogens (tertiary/aromatic N) is 1. The zero-order valence-electron chi connectivity index (χ0n) is 15.6. The minimum Gasteiger partial charge on any atom is -0.492 e. The van der Waals surface area contributed by atoms with E-state index >= 15 is 0 Å². The Kier molecular flexibility index (Phi) is 6.35. The lowest BCUT2D eigenvalue weighted by atomic mass is 9.88. The summed E-state index contributed by atoms with van der Waals surface area (Å²) in [5.74, 6) is 1.03. The van der Waals surface area contributed by atoms with Crippen molar-refractivity contribution in [1.29, 1.82) is 0 Å². The quantitative estimate of drug-likeness (QED) is 0.828. The molecule has 3 rings (SSSR count). The predicted molar refractivity (Wildman–Crippen MR) is 102 cm³/mol. The summed E-state index contributed by atoms with van der Waals surface area (Å²) >= 11 is 0. The maximum absolute atomic E-state index is 12.4. The zero-order valence-corrected chi connectivity index (χ0v) is 15.6. The molecule has 1 heterocycles. The summed E-state index contributed by atoms with van der Waals surface area (Å²) in [4.78, 5) is 15.0. The van der Waals surface area contributed by atoms with Crippen LogP contribution in [-0.4, -0.2) is 37.0 Å². The second-order valence-electron chi connectivity index (χ2n) is 7.85. The van der Waals surface area contributed by atoms with Gasteiger partial charge in [-0.15, -0.1) is 0 Å². The standard InChI is InChI=1S/C21H32N2O2/c1-21(12-4-5-13-21)20(24)22-18-8-10-19(11-9-18)25-17-16-23-14-6-2-3-7-15-23/h8-11H,2-7,12-17H2,1H3,(H,22,24). The molecular weight excluding hydrogens is 312 g/mol. The van der Waals surface area contributed by atoms with Crippen molar-refractivity contribution in [1.82, 2.24) is 4.90 Å². The van der Waals surface area contributed by atoms with Crippen LogP contribution in [0, 0.1) is 5.41 Å². The van der Waals surface area contributed by atoms with Gasteiger partial charge in [0.2, 0.25) is 5.91 Å². The number of nitrogens with one attached hydrogen (secondary N) is 1. The summed E-state index contributed by atoms with van der Waals surface area (Å²) in [7, 11) is 0. The molecule has 1 amide bonds. The maximum atomic E-state index is 12.4. The number of benzene rings is 1. The highest BCUT2D eigenvalue weighted by atomic mass is 16.5. The topological polar surface area (TPSA) is 41.6 Å². The van der Waals surface area contributed by atoms with Gasteiger partial charge < -0.3 is 10.1 Å². The van der Waals surface area contributed by atoms with Crippen LogP contribution in [0.2, 0.25) is 0 Å². The summed E-state index contributed by atoms with van der Waals surface area (Å²) in [6, 6.07) is 7.79. The van der Waals surface area contributed by atoms with Gasteiger partial charge in [0, 0.05) is 17.6 Å². The molecule has 4 nitrogen and oxygen atoms in total. The molecular formula is C21H32N2O2. The Labute approximate surface area is 151 Å². The number of anilines is 1. The second kappa shape index (κ2) is 8.70. The SMILES string of the molecule is CC1(C(=O)Nc2ccc(OCCN3CCCCCC3)cc2)CCCC1. The first-order valence-corrected chi connectivity index (χ1v) is 9.92. The molecule has 1 saturated heterocycles. The Bertz CT molecular complexity index is 542. The van der Waals surface area contributed by atoms with E-state index in [-0.39, 0.29) is 11.3 Å². The van der Waals surface area contributed by atoms with Gasteiger partial charge in [0.25, 0.3) is 0 Å². The number of likely N-dealkylation sites (tertiary alicyclic amines) is 1. The van der Waals surface area contributed by atoms with Gasteiger partial charge in [-0.25, -0.2) is 0 Å². The molecule has 1 aliphatic carbocycles. The van der Waals surface area contributed by atoms with Crippen molar-refractivity contribution in [3.63, 3.8) is 0 Å². The highest BCUT2D eigenvalue weighted by Crippen LogP contribution is 2.38. The highest BCUT2D eigenvalue weighted by molar-refractivity contribution is 5.95. The van der Waals surface area contributed by atoms with Gasteiger partial charge in [-0.1, -0.05) is 32.6 Å². The molecule has 0 radical (unpaired) electrons. The van der Waals surface area contributed by atoms with Crippen molar-refractivity contribution >= 4 is 11.6 Å². The van der Waals surface area contributed by atoms with Gasteiger partial charge in [-0.2, -0.15) is 0 Å². The summed E-state index contributed by atoms with van der Waals surface area (Å²) < 4.78 is 5.87.